The average Bonchev–Trinajstić information content (AvgIpc) is 2.39. The third kappa shape index (κ3) is 3.87. The van der Waals surface area contributed by atoms with Crippen LogP contribution < -0.4 is 9.64 Å². The fourth-order valence-electron chi connectivity index (χ4n) is 1.88. The van der Waals surface area contributed by atoms with E-state index in [4.69, 9.17) is 16.3 Å². The number of benzene rings is 1. The first-order valence-corrected chi connectivity index (χ1v) is 6.67. The summed E-state index contributed by atoms with van der Waals surface area (Å²) < 4.78 is 5.29. The smallest absolute Gasteiger partial charge is 0.223 e. The van der Waals surface area contributed by atoms with Crippen LogP contribution in [0.25, 0.3) is 0 Å². The molecule has 0 unspecified atom stereocenters. The van der Waals surface area contributed by atoms with E-state index in [1.54, 1.807) is 20.2 Å². The normalized spacial score (nSPS) is 11.2. The number of anilines is 1. The number of hydrogen-bond acceptors (Lipinski definition) is 2. The molecule has 1 amide bonds. The molecule has 0 saturated heterocycles. The zero-order valence-corrected chi connectivity index (χ0v) is 13.1. The Morgan fingerprint density at radius 2 is 2.10 bits per heavy atom. The van der Waals surface area contributed by atoms with Gasteiger partial charge in [0.1, 0.15) is 10.8 Å². The number of ether oxygens (including phenoxy) is 1. The van der Waals surface area contributed by atoms with Crippen molar-refractivity contribution in [1.29, 1.82) is 0 Å². The van der Waals surface area contributed by atoms with Gasteiger partial charge in [-0.1, -0.05) is 35.9 Å². The fraction of sp³-hybridized carbons (Fsp3) is 0.312. The van der Waals surface area contributed by atoms with Crippen LogP contribution in [0.2, 0.25) is 5.02 Å². The second kappa shape index (κ2) is 7.15. The highest BCUT2D eigenvalue weighted by molar-refractivity contribution is 6.35. The van der Waals surface area contributed by atoms with E-state index in [1.165, 1.54) is 17.4 Å². The lowest BCUT2D eigenvalue weighted by Crippen LogP contribution is -2.23. The molecule has 0 aliphatic carbocycles. The van der Waals surface area contributed by atoms with Crippen molar-refractivity contribution >= 4 is 23.2 Å². The quantitative estimate of drug-likeness (QED) is 0.768. The average molecular weight is 294 g/mol. The van der Waals surface area contributed by atoms with Gasteiger partial charge in [0, 0.05) is 14.0 Å². The third-order valence-electron chi connectivity index (χ3n) is 3.02. The first-order chi connectivity index (χ1) is 9.40. The number of allylic oxidation sites excluding steroid dienone is 3. The lowest BCUT2D eigenvalue weighted by Gasteiger charge is -2.20. The van der Waals surface area contributed by atoms with Gasteiger partial charge in [-0.05, 0) is 31.0 Å². The number of nitrogens with zero attached hydrogens (tertiary/aromatic N) is 1. The van der Waals surface area contributed by atoms with Crippen LogP contribution in [0.4, 0.5) is 5.69 Å². The topological polar surface area (TPSA) is 29.5 Å². The standard InChI is InChI=1S/C16H20ClNO2/c1-6-7-11(2)8-13-9-14(18(4)12(3)19)16(17)15(10-13)20-5/h6-7,9-10H,1,8H2,2-5H3/b11-7+. The Balaban J connectivity index is 3.27. The number of rotatable bonds is 5. The molecule has 0 spiro atoms. The summed E-state index contributed by atoms with van der Waals surface area (Å²) in [4.78, 5) is 13.0. The first kappa shape index (κ1) is 16.3. The molecule has 1 aromatic rings. The Morgan fingerprint density at radius 1 is 1.45 bits per heavy atom. The Labute approximate surface area is 125 Å². The maximum absolute atomic E-state index is 11.5. The van der Waals surface area contributed by atoms with Crippen molar-refractivity contribution in [3.8, 4) is 5.75 Å². The van der Waals surface area contributed by atoms with E-state index < -0.39 is 0 Å². The van der Waals surface area contributed by atoms with Crippen LogP contribution in [-0.4, -0.2) is 20.1 Å². The molecule has 0 heterocycles. The van der Waals surface area contributed by atoms with Gasteiger partial charge in [0.05, 0.1) is 12.8 Å². The summed E-state index contributed by atoms with van der Waals surface area (Å²) in [5, 5.41) is 0.444. The molecule has 0 aliphatic heterocycles. The van der Waals surface area contributed by atoms with Crippen molar-refractivity contribution in [2.45, 2.75) is 20.3 Å². The van der Waals surface area contributed by atoms with E-state index in [2.05, 4.69) is 6.58 Å². The van der Waals surface area contributed by atoms with Crippen molar-refractivity contribution < 1.29 is 9.53 Å². The van der Waals surface area contributed by atoms with E-state index in [9.17, 15) is 4.79 Å². The van der Waals surface area contributed by atoms with Gasteiger partial charge in [0.2, 0.25) is 5.91 Å². The van der Waals surface area contributed by atoms with Crippen molar-refractivity contribution in [3.63, 3.8) is 0 Å². The molecule has 0 atom stereocenters. The van der Waals surface area contributed by atoms with Crippen LogP contribution in [0.5, 0.6) is 5.75 Å². The Hall–Kier alpha value is -1.74. The van der Waals surface area contributed by atoms with E-state index >= 15 is 0 Å². The van der Waals surface area contributed by atoms with Gasteiger partial charge in [-0.15, -0.1) is 0 Å². The van der Waals surface area contributed by atoms with E-state index in [0.717, 1.165) is 12.0 Å². The number of halogens is 1. The van der Waals surface area contributed by atoms with Crippen molar-refractivity contribution in [2.24, 2.45) is 0 Å². The van der Waals surface area contributed by atoms with E-state index in [-0.39, 0.29) is 5.91 Å². The minimum atomic E-state index is -0.0792. The number of carbonyl (C=O) groups is 1. The van der Waals surface area contributed by atoms with E-state index in [0.29, 0.717) is 16.5 Å². The Bertz CT molecular complexity index is 550. The molecule has 0 saturated carbocycles. The maximum atomic E-state index is 11.5. The van der Waals surface area contributed by atoms with Crippen molar-refractivity contribution in [3.05, 3.63) is 47.0 Å². The molecule has 4 heteroatoms. The molecule has 0 radical (unpaired) electrons. The molecule has 20 heavy (non-hydrogen) atoms. The number of amides is 1. The summed E-state index contributed by atoms with van der Waals surface area (Å²) in [7, 11) is 3.26. The summed E-state index contributed by atoms with van der Waals surface area (Å²) in [5.74, 6) is 0.489. The molecule has 1 aromatic carbocycles. The van der Waals surface area contributed by atoms with E-state index in [1.807, 2.05) is 25.1 Å². The predicted octanol–water partition coefficient (Wildman–Crippen LogP) is 4.01. The third-order valence-corrected chi connectivity index (χ3v) is 3.40. The first-order valence-electron chi connectivity index (χ1n) is 6.29. The number of hydrogen-bond donors (Lipinski definition) is 0. The number of methoxy groups -OCH3 is 1. The molecule has 0 N–H and O–H groups in total. The van der Waals surface area contributed by atoms with Gasteiger partial charge < -0.3 is 9.64 Å². The van der Waals surface area contributed by atoms with Crippen LogP contribution in [-0.2, 0) is 11.2 Å². The van der Waals surface area contributed by atoms with Crippen LogP contribution in [0.15, 0.2) is 36.4 Å². The van der Waals surface area contributed by atoms with Gasteiger partial charge in [0.15, 0.2) is 0 Å². The fourth-order valence-corrected chi connectivity index (χ4v) is 2.20. The minimum absolute atomic E-state index is 0.0792. The lowest BCUT2D eigenvalue weighted by atomic mass is 10.0. The SMILES string of the molecule is C=C/C=C(\C)Cc1cc(OC)c(Cl)c(N(C)C(C)=O)c1. The second-order valence-corrected chi connectivity index (χ2v) is 5.01. The summed E-state index contributed by atoms with van der Waals surface area (Å²) in [6.07, 6.45) is 4.46. The van der Waals surface area contributed by atoms with Crippen molar-refractivity contribution in [2.75, 3.05) is 19.1 Å². The zero-order chi connectivity index (χ0) is 15.3. The van der Waals surface area contributed by atoms with Gasteiger partial charge in [0.25, 0.3) is 0 Å². The number of carbonyl (C=O) groups excluding carboxylic acids is 1. The monoisotopic (exact) mass is 293 g/mol. The second-order valence-electron chi connectivity index (χ2n) is 4.63. The van der Waals surface area contributed by atoms with Crippen LogP contribution in [0.1, 0.15) is 19.4 Å². The minimum Gasteiger partial charge on any atom is -0.495 e. The largest absolute Gasteiger partial charge is 0.495 e. The molecule has 3 nitrogen and oxygen atoms in total. The summed E-state index contributed by atoms with van der Waals surface area (Å²) in [6.45, 7) is 7.21. The van der Waals surface area contributed by atoms with Gasteiger partial charge in [-0.25, -0.2) is 0 Å². The van der Waals surface area contributed by atoms with Gasteiger partial charge in [-0.3, -0.25) is 4.79 Å². The lowest BCUT2D eigenvalue weighted by molar-refractivity contribution is -0.116. The zero-order valence-electron chi connectivity index (χ0n) is 12.4. The summed E-state index contributed by atoms with van der Waals surface area (Å²) in [6, 6.07) is 3.80. The summed E-state index contributed by atoms with van der Waals surface area (Å²) >= 11 is 6.27. The van der Waals surface area contributed by atoms with Crippen LogP contribution in [0.3, 0.4) is 0 Å². The van der Waals surface area contributed by atoms with Crippen LogP contribution in [0, 0.1) is 0 Å². The van der Waals surface area contributed by atoms with Crippen molar-refractivity contribution in [1.82, 2.24) is 0 Å². The molecule has 1 rings (SSSR count). The molecule has 108 valence electrons. The predicted molar refractivity (Wildman–Crippen MR) is 84.7 cm³/mol. The van der Waals surface area contributed by atoms with Crippen LogP contribution >= 0.6 is 11.6 Å². The highest BCUT2D eigenvalue weighted by Crippen LogP contribution is 2.36. The van der Waals surface area contributed by atoms with Gasteiger partial charge >= 0.3 is 0 Å². The molecule has 0 bridgehead atoms. The molecular formula is C16H20ClNO2. The molecule has 0 aromatic heterocycles. The summed E-state index contributed by atoms with van der Waals surface area (Å²) in [5.41, 5.74) is 2.85. The Kier molecular flexibility index (Phi) is 5.83. The maximum Gasteiger partial charge on any atom is 0.223 e. The van der Waals surface area contributed by atoms with Gasteiger partial charge in [-0.2, -0.15) is 0 Å². The molecular weight excluding hydrogens is 274 g/mol. The molecule has 0 aliphatic rings. The highest BCUT2D eigenvalue weighted by atomic mass is 35.5. The highest BCUT2D eigenvalue weighted by Gasteiger charge is 2.15. The Morgan fingerprint density at radius 3 is 2.60 bits per heavy atom. The molecule has 0 fully saturated rings.